The van der Waals surface area contributed by atoms with Crippen molar-refractivity contribution in [2.24, 2.45) is 0 Å². The summed E-state index contributed by atoms with van der Waals surface area (Å²) >= 11 is 1.84. The SMILES string of the molecule is CC#CCNCc1ccc(C)s1. The van der Waals surface area contributed by atoms with E-state index in [1.54, 1.807) is 0 Å². The molecule has 0 atom stereocenters. The van der Waals surface area contributed by atoms with Gasteiger partial charge in [-0.05, 0) is 26.0 Å². The lowest BCUT2D eigenvalue weighted by Crippen LogP contribution is -2.11. The highest BCUT2D eigenvalue weighted by atomic mass is 32.1. The van der Waals surface area contributed by atoms with Gasteiger partial charge in [-0.25, -0.2) is 0 Å². The first-order valence-electron chi connectivity index (χ1n) is 3.98. The largest absolute Gasteiger partial charge is 0.301 e. The molecule has 64 valence electrons. The number of nitrogens with one attached hydrogen (secondary N) is 1. The first-order chi connectivity index (χ1) is 5.83. The molecule has 0 fully saturated rings. The molecule has 0 saturated carbocycles. The van der Waals surface area contributed by atoms with Crippen LogP contribution in [0.4, 0.5) is 0 Å². The quantitative estimate of drug-likeness (QED) is 0.554. The Labute approximate surface area is 77.8 Å². The van der Waals surface area contributed by atoms with E-state index in [1.165, 1.54) is 9.75 Å². The number of hydrogen-bond donors (Lipinski definition) is 1. The molecule has 0 unspecified atom stereocenters. The average molecular weight is 179 g/mol. The van der Waals surface area contributed by atoms with Crippen molar-refractivity contribution in [3.63, 3.8) is 0 Å². The van der Waals surface area contributed by atoms with Crippen LogP contribution in [0.1, 0.15) is 16.7 Å². The summed E-state index contributed by atoms with van der Waals surface area (Å²) in [6, 6.07) is 4.31. The lowest BCUT2D eigenvalue weighted by molar-refractivity contribution is 0.781. The predicted octanol–water partition coefficient (Wildman–Crippen LogP) is 2.17. The van der Waals surface area contributed by atoms with Crippen LogP contribution in [-0.2, 0) is 6.54 Å². The Morgan fingerprint density at radius 3 is 2.92 bits per heavy atom. The second-order valence-corrected chi connectivity index (χ2v) is 3.92. The van der Waals surface area contributed by atoms with E-state index in [0.717, 1.165) is 13.1 Å². The maximum absolute atomic E-state index is 3.25. The zero-order valence-electron chi connectivity index (χ0n) is 7.48. The standard InChI is InChI=1S/C10H13NS/c1-3-4-7-11-8-10-6-5-9(2)12-10/h5-6,11H,7-8H2,1-2H3. The molecule has 0 aliphatic rings. The lowest BCUT2D eigenvalue weighted by atomic mass is 10.4. The minimum absolute atomic E-state index is 0.785. The third-order valence-corrected chi connectivity index (χ3v) is 2.49. The molecule has 0 aliphatic heterocycles. The highest BCUT2D eigenvalue weighted by molar-refractivity contribution is 7.11. The fourth-order valence-corrected chi connectivity index (χ4v) is 1.78. The smallest absolute Gasteiger partial charge is 0.0579 e. The van der Waals surface area contributed by atoms with Crippen LogP contribution in [0, 0.1) is 18.8 Å². The fourth-order valence-electron chi connectivity index (χ4n) is 0.917. The summed E-state index contributed by atoms with van der Waals surface area (Å²) in [7, 11) is 0. The van der Waals surface area contributed by atoms with Crippen molar-refractivity contribution in [3.8, 4) is 11.8 Å². The number of aryl methyl sites for hydroxylation is 1. The van der Waals surface area contributed by atoms with E-state index in [4.69, 9.17) is 0 Å². The molecule has 0 amide bonds. The Morgan fingerprint density at radius 2 is 2.33 bits per heavy atom. The molecule has 1 nitrogen and oxygen atoms in total. The molecule has 0 bridgehead atoms. The minimum Gasteiger partial charge on any atom is -0.301 e. The van der Waals surface area contributed by atoms with Crippen molar-refractivity contribution in [1.29, 1.82) is 0 Å². The van der Waals surface area contributed by atoms with Crippen molar-refractivity contribution in [2.75, 3.05) is 6.54 Å². The topological polar surface area (TPSA) is 12.0 Å². The fraction of sp³-hybridized carbons (Fsp3) is 0.400. The van der Waals surface area contributed by atoms with E-state index < -0.39 is 0 Å². The van der Waals surface area contributed by atoms with Gasteiger partial charge in [-0.2, -0.15) is 0 Å². The zero-order valence-corrected chi connectivity index (χ0v) is 8.29. The molecular formula is C10H13NS. The van der Waals surface area contributed by atoms with Gasteiger partial charge in [-0.15, -0.1) is 17.3 Å². The van der Waals surface area contributed by atoms with E-state index in [1.807, 2.05) is 18.3 Å². The molecule has 1 heterocycles. The van der Waals surface area contributed by atoms with Crippen LogP contribution in [0.2, 0.25) is 0 Å². The minimum atomic E-state index is 0.785. The molecule has 1 aromatic heterocycles. The van der Waals surface area contributed by atoms with E-state index in [9.17, 15) is 0 Å². The Balaban J connectivity index is 2.27. The second kappa shape index (κ2) is 4.97. The monoisotopic (exact) mass is 179 g/mol. The predicted molar refractivity (Wildman–Crippen MR) is 54.2 cm³/mol. The highest BCUT2D eigenvalue weighted by Crippen LogP contribution is 2.13. The van der Waals surface area contributed by atoms with E-state index in [2.05, 4.69) is 36.2 Å². The van der Waals surface area contributed by atoms with E-state index in [-0.39, 0.29) is 0 Å². The summed E-state index contributed by atoms with van der Waals surface area (Å²) < 4.78 is 0. The molecule has 0 radical (unpaired) electrons. The summed E-state index contributed by atoms with van der Waals surface area (Å²) in [5.41, 5.74) is 0. The third kappa shape index (κ3) is 3.08. The molecule has 0 aliphatic carbocycles. The first kappa shape index (κ1) is 9.31. The molecule has 1 rings (SSSR count). The Morgan fingerprint density at radius 1 is 1.50 bits per heavy atom. The van der Waals surface area contributed by atoms with Crippen LogP contribution < -0.4 is 5.32 Å². The summed E-state index contributed by atoms with van der Waals surface area (Å²) in [6.45, 7) is 5.71. The van der Waals surface area contributed by atoms with Crippen LogP contribution in [0.3, 0.4) is 0 Å². The van der Waals surface area contributed by atoms with Crippen LogP contribution in [-0.4, -0.2) is 6.54 Å². The van der Waals surface area contributed by atoms with Gasteiger partial charge in [0.2, 0.25) is 0 Å². The lowest BCUT2D eigenvalue weighted by Gasteiger charge is -1.95. The normalized spacial score (nSPS) is 9.17. The third-order valence-electron chi connectivity index (χ3n) is 1.49. The average Bonchev–Trinajstić information content (AvgIpc) is 2.45. The molecule has 1 aromatic rings. The number of hydrogen-bond acceptors (Lipinski definition) is 2. The summed E-state index contributed by atoms with van der Waals surface area (Å²) in [4.78, 5) is 2.75. The molecule has 1 N–H and O–H groups in total. The van der Waals surface area contributed by atoms with Crippen molar-refractivity contribution in [1.82, 2.24) is 5.32 Å². The summed E-state index contributed by atoms with van der Waals surface area (Å²) in [5.74, 6) is 5.82. The Hall–Kier alpha value is -0.780. The Bertz CT molecular complexity index is 290. The van der Waals surface area contributed by atoms with Crippen molar-refractivity contribution < 1.29 is 0 Å². The molecule has 0 aromatic carbocycles. The molecule has 12 heavy (non-hydrogen) atoms. The van der Waals surface area contributed by atoms with Crippen LogP contribution in [0.25, 0.3) is 0 Å². The van der Waals surface area contributed by atoms with Gasteiger partial charge < -0.3 is 5.32 Å². The number of rotatable bonds is 3. The number of thiophene rings is 1. The van der Waals surface area contributed by atoms with Gasteiger partial charge in [0, 0.05) is 16.3 Å². The van der Waals surface area contributed by atoms with Crippen LogP contribution >= 0.6 is 11.3 Å². The van der Waals surface area contributed by atoms with Gasteiger partial charge in [-0.3, -0.25) is 0 Å². The van der Waals surface area contributed by atoms with E-state index >= 15 is 0 Å². The summed E-state index contributed by atoms with van der Waals surface area (Å²) in [5, 5.41) is 3.25. The molecule has 2 heteroatoms. The highest BCUT2D eigenvalue weighted by Gasteiger charge is 1.93. The van der Waals surface area contributed by atoms with Gasteiger partial charge in [0.1, 0.15) is 0 Å². The maximum Gasteiger partial charge on any atom is 0.0579 e. The van der Waals surface area contributed by atoms with Crippen LogP contribution in [0.5, 0.6) is 0 Å². The van der Waals surface area contributed by atoms with Crippen molar-refractivity contribution in [2.45, 2.75) is 20.4 Å². The first-order valence-corrected chi connectivity index (χ1v) is 4.80. The van der Waals surface area contributed by atoms with Gasteiger partial charge in [0.15, 0.2) is 0 Å². The zero-order chi connectivity index (χ0) is 8.81. The van der Waals surface area contributed by atoms with Gasteiger partial charge in [0.05, 0.1) is 6.54 Å². The van der Waals surface area contributed by atoms with Gasteiger partial charge in [0.25, 0.3) is 0 Å². The molecule has 0 saturated heterocycles. The summed E-state index contributed by atoms with van der Waals surface area (Å²) in [6.07, 6.45) is 0. The Kier molecular flexibility index (Phi) is 3.86. The van der Waals surface area contributed by atoms with Crippen LogP contribution in [0.15, 0.2) is 12.1 Å². The molecule has 0 spiro atoms. The second-order valence-electron chi connectivity index (χ2n) is 2.54. The van der Waals surface area contributed by atoms with Gasteiger partial charge in [-0.1, -0.05) is 5.92 Å². The maximum atomic E-state index is 3.25. The van der Waals surface area contributed by atoms with E-state index in [0.29, 0.717) is 0 Å². The molecular weight excluding hydrogens is 166 g/mol. The van der Waals surface area contributed by atoms with Crippen molar-refractivity contribution >= 4 is 11.3 Å². The van der Waals surface area contributed by atoms with Crippen molar-refractivity contribution in [3.05, 3.63) is 21.9 Å². The van der Waals surface area contributed by atoms with Gasteiger partial charge >= 0.3 is 0 Å².